The minimum absolute atomic E-state index is 0.294. The summed E-state index contributed by atoms with van der Waals surface area (Å²) in [5, 5.41) is 3.09. The van der Waals surface area contributed by atoms with Gasteiger partial charge in [0.05, 0.1) is 7.11 Å². The number of hydrogen-bond donors (Lipinski definition) is 1. The fourth-order valence-electron chi connectivity index (χ4n) is 5.26. The molecule has 0 radical (unpaired) electrons. The zero-order valence-electron chi connectivity index (χ0n) is 22.4. The lowest BCUT2D eigenvalue weighted by molar-refractivity contribution is -0.145. The summed E-state index contributed by atoms with van der Waals surface area (Å²) in [7, 11) is 1.35. The van der Waals surface area contributed by atoms with Gasteiger partial charge in [-0.15, -0.1) is 0 Å². The van der Waals surface area contributed by atoms with Crippen molar-refractivity contribution < 1.29 is 14.3 Å². The van der Waals surface area contributed by atoms with Crippen LogP contribution in [0.2, 0.25) is 0 Å². The molecule has 0 unspecified atom stereocenters. The van der Waals surface area contributed by atoms with Crippen molar-refractivity contribution in [2.24, 2.45) is 0 Å². The summed E-state index contributed by atoms with van der Waals surface area (Å²) in [5.41, 5.74) is 4.35. The van der Waals surface area contributed by atoms with Crippen molar-refractivity contribution in [2.45, 2.75) is 17.9 Å². The highest BCUT2D eigenvalue weighted by Crippen LogP contribution is 2.39. The first-order chi connectivity index (χ1) is 19.6. The molecule has 40 heavy (non-hydrogen) atoms. The third kappa shape index (κ3) is 5.43. The molecule has 0 aliphatic carbocycles. The van der Waals surface area contributed by atoms with Gasteiger partial charge < -0.3 is 10.1 Å². The number of esters is 1. The second-order valence-corrected chi connectivity index (χ2v) is 9.66. The third-order valence-corrected chi connectivity index (χ3v) is 7.25. The Hall–Kier alpha value is -4.96. The number of ether oxygens (including phenoxy) is 1. The first kappa shape index (κ1) is 26.6. The van der Waals surface area contributed by atoms with E-state index < -0.39 is 17.4 Å². The van der Waals surface area contributed by atoms with Crippen LogP contribution in [0.1, 0.15) is 22.3 Å². The predicted molar refractivity (Wildman–Crippen MR) is 159 cm³/mol. The van der Waals surface area contributed by atoms with Crippen molar-refractivity contribution in [1.82, 2.24) is 5.32 Å². The van der Waals surface area contributed by atoms with Crippen molar-refractivity contribution in [2.75, 3.05) is 7.11 Å². The molecule has 4 nitrogen and oxygen atoms in total. The van der Waals surface area contributed by atoms with Gasteiger partial charge >= 0.3 is 5.97 Å². The highest BCUT2D eigenvalue weighted by Gasteiger charge is 2.45. The minimum Gasteiger partial charge on any atom is -0.467 e. The zero-order valence-corrected chi connectivity index (χ0v) is 22.4. The summed E-state index contributed by atoms with van der Waals surface area (Å²) in [4.78, 5) is 27.6. The molecule has 1 amide bonds. The lowest BCUT2D eigenvalue weighted by Gasteiger charge is -2.35. The maximum Gasteiger partial charge on any atom is 0.328 e. The van der Waals surface area contributed by atoms with Crippen LogP contribution in [0, 0.1) is 0 Å². The number of benzene rings is 5. The van der Waals surface area contributed by atoms with Crippen LogP contribution in [-0.2, 0) is 26.2 Å². The van der Waals surface area contributed by atoms with E-state index in [1.165, 1.54) is 7.11 Å². The quantitative estimate of drug-likeness (QED) is 0.175. The number of nitrogens with one attached hydrogen (secondary N) is 1. The van der Waals surface area contributed by atoms with Gasteiger partial charge in [-0.1, -0.05) is 146 Å². The van der Waals surface area contributed by atoms with Gasteiger partial charge in [-0.05, 0) is 33.4 Å². The van der Waals surface area contributed by atoms with Crippen molar-refractivity contribution in [3.05, 3.63) is 168 Å². The Morgan fingerprint density at radius 3 is 1.43 bits per heavy atom. The molecule has 0 aliphatic heterocycles. The predicted octanol–water partition coefficient (Wildman–Crippen LogP) is 6.59. The van der Waals surface area contributed by atoms with Gasteiger partial charge in [0.25, 0.3) is 0 Å². The first-order valence-electron chi connectivity index (χ1n) is 13.3. The number of carbonyl (C=O) groups excluding carboxylic acids is 2. The van der Waals surface area contributed by atoms with E-state index in [-0.39, 0.29) is 5.91 Å². The molecule has 4 heteroatoms. The maximum absolute atomic E-state index is 14.6. The van der Waals surface area contributed by atoms with Gasteiger partial charge in [0.2, 0.25) is 5.91 Å². The summed E-state index contributed by atoms with van der Waals surface area (Å²) in [6, 6.07) is 46.3. The van der Waals surface area contributed by atoms with Crippen LogP contribution in [-0.4, -0.2) is 25.0 Å². The largest absolute Gasteiger partial charge is 0.467 e. The van der Waals surface area contributed by atoms with Crippen LogP contribution in [0.5, 0.6) is 0 Å². The van der Waals surface area contributed by atoms with Gasteiger partial charge in [0, 0.05) is 6.42 Å². The molecule has 1 N–H and O–H groups in total. The molecule has 0 aliphatic rings. The van der Waals surface area contributed by atoms with Gasteiger partial charge in [0.1, 0.15) is 11.5 Å². The monoisotopic (exact) mass is 525 g/mol. The number of hydrogen-bond acceptors (Lipinski definition) is 3. The van der Waals surface area contributed by atoms with Crippen molar-refractivity contribution >= 4 is 11.9 Å². The molecule has 1 atom stereocenters. The Morgan fingerprint density at radius 2 is 1.00 bits per heavy atom. The van der Waals surface area contributed by atoms with E-state index in [9.17, 15) is 9.59 Å². The Balaban J connectivity index is 1.53. The molecule has 198 valence electrons. The standard InChI is InChI=1S/C36H31NO3/c1-40-34(38)33(26-27-22-24-29(25-23-27)28-14-6-2-7-15-28)37-35(39)36(30-16-8-3-9-17-30,31-18-10-4-11-19-31)32-20-12-5-13-21-32/h2-25,33H,26H2,1H3,(H,37,39)/t33-/m0/s1. The van der Waals surface area contributed by atoms with Crippen molar-refractivity contribution in [3.8, 4) is 11.1 Å². The number of amides is 1. The SMILES string of the molecule is COC(=O)[C@H](Cc1ccc(-c2ccccc2)cc1)NC(=O)C(c1ccccc1)(c1ccccc1)c1ccccc1. The number of carbonyl (C=O) groups is 2. The summed E-state index contributed by atoms with van der Waals surface area (Å²) in [6.07, 6.45) is 0.294. The third-order valence-electron chi connectivity index (χ3n) is 7.25. The molecule has 0 heterocycles. The molecule has 5 aromatic carbocycles. The lowest BCUT2D eigenvalue weighted by atomic mass is 9.68. The van der Waals surface area contributed by atoms with Crippen LogP contribution in [0.3, 0.4) is 0 Å². The van der Waals surface area contributed by atoms with Gasteiger partial charge in [0.15, 0.2) is 0 Å². The average molecular weight is 526 g/mol. The van der Waals surface area contributed by atoms with Crippen LogP contribution >= 0.6 is 0 Å². The van der Waals surface area contributed by atoms with E-state index in [0.717, 1.165) is 33.4 Å². The van der Waals surface area contributed by atoms with E-state index in [1.54, 1.807) is 0 Å². The summed E-state index contributed by atoms with van der Waals surface area (Å²) >= 11 is 0. The van der Waals surface area contributed by atoms with E-state index in [2.05, 4.69) is 17.4 Å². The van der Waals surface area contributed by atoms with Crippen LogP contribution in [0.15, 0.2) is 146 Å². The summed E-state index contributed by atoms with van der Waals surface area (Å²) in [6.45, 7) is 0. The molecular weight excluding hydrogens is 494 g/mol. The van der Waals surface area contributed by atoms with Crippen molar-refractivity contribution in [1.29, 1.82) is 0 Å². The van der Waals surface area contributed by atoms with Crippen molar-refractivity contribution in [3.63, 3.8) is 0 Å². The van der Waals surface area contributed by atoms with E-state index in [0.29, 0.717) is 6.42 Å². The second kappa shape index (κ2) is 12.3. The topological polar surface area (TPSA) is 55.4 Å². The van der Waals surface area contributed by atoms with Crippen LogP contribution < -0.4 is 5.32 Å². The number of rotatable bonds is 9. The van der Waals surface area contributed by atoms with Gasteiger partial charge in [-0.2, -0.15) is 0 Å². The van der Waals surface area contributed by atoms with E-state index >= 15 is 0 Å². The number of methoxy groups -OCH3 is 1. The molecule has 0 saturated carbocycles. The molecular formula is C36H31NO3. The van der Waals surface area contributed by atoms with Gasteiger partial charge in [-0.25, -0.2) is 4.79 Å². The van der Waals surface area contributed by atoms with Crippen LogP contribution in [0.25, 0.3) is 11.1 Å². The lowest BCUT2D eigenvalue weighted by Crippen LogP contribution is -2.52. The summed E-state index contributed by atoms with van der Waals surface area (Å²) < 4.78 is 5.15. The second-order valence-electron chi connectivity index (χ2n) is 9.66. The van der Waals surface area contributed by atoms with E-state index in [4.69, 9.17) is 4.74 Å². The minimum atomic E-state index is -1.19. The molecule has 0 fully saturated rings. The van der Waals surface area contributed by atoms with E-state index in [1.807, 2.05) is 133 Å². The first-order valence-corrected chi connectivity index (χ1v) is 13.3. The fourth-order valence-corrected chi connectivity index (χ4v) is 5.26. The smallest absolute Gasteiger partial charge is 0.328 e. The highest BCUT2D eigenvalue weighted by molar-refractivity contribution is 5.98. The highest BCUT2D eigenvalue weighted by atomic mass is 16.5. The molecule has 0 aromatic heterocycles. The molecule has 0 bridgehead atoms. The maximum atomic E-state index is 14.6. The zero-order chi connectivity index (χ0) is 27.8. The fraction of sp³-hybridized carbons (Fsp3) is 0.111. The van der Waals surface area contributed by atoms with Crippen LogP contribution in [0.4, 0.5) is 0 Å². The Labute approximate surface area is 235 Å². The molecule has 0 spiro atoms. The Kier molecular flexibility index (Phi) is 8.17. The normalized spacial score (nSPS) is 11.8. The molecule has 5 aromatic rings. The molecule has 0 saturated heterocycles. The average Bonchev–Trinajstić information content (AvgIpc) is 3.03. The summed E-state index contributed by atoms with van der Waals surface area (Å²) in [5.74, 6) is -0.795. The Bertz CT molecular complexity index is 1440. The van der Waals surface area contributed by atoms with Gasteiger partial charge in [-0.3, -0.25) is 4.79 Å². The Morgan fingerprint density at radius 1 is 0.600 bits per heavy atom. The molecule has 5 rings (SSSR count).